The SMILES string of the molecule is Cc1ncc(CC(=O)C2(c3ccc4c(c3)OCO4)CC2)cc1-c1ccc(C(N)=O)cc1. The number of aromatic nitrogens is 1. The maximum absolute atomic E-state index is 13.3. The van der Waals surface area contributed by atoms with Gasteiger partial charge in [0.2, 0.25) is 12.7 Å². The molecule has 0 unspecified atom stereocenters. The summed E-state index contributed by atoms with van der Waals surface area (Å²) < 4.78 is 10.9. The van der Waals surface area contributed by atoms with Crippen molar-refractivity contribution in [2.45, 2.75) is 31.6 Å². The van der Waals surface area contributed by atoms with Crippen molar-refractivity contribution in [2.75, 3.05) is 6.79 Å². The van der Waals surface area contributed by atoms with Gasteiger partial charge in [-0.1, -0.05) is 18.2 Å². The van der Waals surface area contributed by atoms with Crippen LogP contribution in [0.3, 0.4) is 0 Å². The largest absolute Gasteiger partial charge is 0.454 e. The van der Waals surface area contributed by atoms with Crippen LogP contribution >= 0.6 is 0 Å². The Morgan fingerprint density at radius 2 is 1.77 bits per heavy atom. The molecule has 6 nitrogen and oxygen atoms in total. The Morgan fingerprint density at radius 3 is 2.48 bits per heavy atom. The number of nitrogens with zero attached hydrogens (tertiary/aromatic N) is 1. The third-order valence-corrected chi connectivity index (χ3v) is 6.20. The summed E-state index contributed by atoms with van der Waals surface area (Å²) in [7, 11) is 0. The molecule has 31 heavy (non-hydrogen) atoms. The molecule has 0 radical (unpaired) electrons. The number of carbonyl (C=O) groups excluding carboxylic acids is 2. The molecule has 2 heterocycles. The van der Waals surface area contributed by atoms with Gasteiger partial charge in [0.15, 0.2) is 11.5 Å². The first-order chi connectivity index (χ1) is 15.0. The van der Waals surface area contributed by atoms with Crippen molar-refractivity contribution in [1.29, 1.82) is 0 Å². The number of aryl methyl sites for hydroxylation is 1. The summed E-state index contributed by atoms with van der Waals surface area (Å²) in [6, 6.07) is 14.9. The molecule has 0 saturated heterocycles. The summed E-state index contributed by atoms with van der Waals surface area (Å²) in [6.45, 7) is 2.15. The molecule has 156 valence electrons. The first-order valence-electron chi connectivity index (χ1n) is 10.3. The van der Waals surface area contributed by atoms with Crippen LogP contribution in [0, 0.1) is 6.92 Å². The van der Waals surface area contributed by atoms with Gasteiger partial charge in [0.25, 0.3) is 0 Å². The van der Waals surface area contributed by atoms with Gasteiger partial charge in [-0.15, -0.1) is 0 Å². The van der Waals surface area contributed by atoms with Crippen LogP contribution in [-0.4, -0.2) is 23.5 Å². The van der Waals surface area contributed by atoms with E-state index >= 15 is 0 Å². The van der Waals surface area contributed by atoms with Gasteiger partial charge in [-0.3, -0.25) is 14.6 Å². The number of primary amides is 1. The molecule has 1 aromatic heterocycles. The molecule has 5 rings (SSSR count). The first kappa shape index (κ1) is 19.3. The monoisotopic (exact) mass is 414 g/mol. The van der Waals surface area contributed by atoms with E-state index in [2.05, 4.69) is 4.98 Å². The molecule has 2 aliphatic rings. The van der Waals surface area contributed by atoms with Gasteiger partial charge < -0.3 is 15.2 Å². The van der Waals surface area contributed by atoms with Gasteiger partial charge in [-0.2, -0.15) is 0 Å². The number of nitrogens with two attached hydrogens (primary N) is 1. The second-order valence-corrected chi connectivity index (χ2v) is 8.17. The van der Waals surface area contributed by atoms with E-state index in [0.717, 1.165) is 46.5 Å². The molecule has 2 aromatic carbocycles. The number of Topliss-reactive ketones (excluding diaryl/α,β-unsaturated/α-hetero) is 1. The van der Waals surface area contributed by atoms with E-state index in [4.69, 9.17) is 15.2 Å². The van der Waals surface area contributed by atoms with E-state index < -0.39 is 11.3 Å². The fourth-order valence-corrected chi connectivity index (χ4v) is 4.18. The number of hydrogen-bond donors (Lipinski definition) is 1. The van der Waals surface area contributed by atoms with E-state index in [9.17, 15) is 9.59 Å². The zero-order valence-corrected chi connectivity index (χ0v) is 17.2. The lowest BCUT2D eigenvalue weighted by Gasteiger charge is -2.16. The minimum atomic E-state index is -0.459. The van der Waals surface area contributed by atoms with Crippen LogP contribution < -0.4 is 15.2 Å². The highest BCUT2D eigenvalue weighted by molar-refractivity contribution is 5.95. The average Bonchev–Trinajstić information content (AvgIpc) is 3.46. The molecular weight excluding hydrogens is 392 g/mol. The van der Waals surface area contributed by atoms with E-state index in [0.29, 0.717) is 17.7 Å². The number of ketones is 1. The smallest absolute Gasteiger partial charge is 0.248 e. The molecule has 3 aromatic rings. The van der Waals surface area contributed by atoms with Crippen LogP contribution in [0.4, 0.5) is 0 Å². The Hall–Kier alpha value is -3.67. The summed E-state index contributed by atoms with van der Waals surface area (Å²) in [5, 5.41) is 0. The van der Waals surface area contributed by atoms with Gasteiger partial charge in [0.1, 0.15) is 5.78 Å². The van der Waals surface area contributed by atoms with Gasteiger partial charge in [-0.25, -0.2) is 0 Å². The number of hydrogen-bond acceptors (Lipinski definition) is 5. The standard InChI is InChI=1S/C25H22N2O4/c1-15-20(17-2-4-18(5-3-17)24(26)29)10-16(13-27-15)11-23(28)25(8-9-25)19-6-7-21-22(12-19)31-14-30-21/h2-7,10,12-13H,8-9,11,14H2,1H3,(H2,26,29). The Kier molecular flexibility index (Phi) is 4.50. The maximum atomic E-state index is 13.3. The lowest BCUT2D eigenvalue weighted by molar-refractivity contribution is -0.120. The number of rotatable bonds is 6. The minimum Gasteiger partial charge on any atom is -0.454 e. The first-order valence-corrected chi connectivity index (χ1v) is 10.3. The van der Waals surface area contributed by atoms with Gasteiger partial charge in [-0.05, 0) is 66.8 Å². The fourth-order valence-electron chi connectivity index (χ4n) is 4.18. The molecule has 1 saturated carbocycles. The fraction of sp³-hybridized carbons (Fsp3) is 0.240. The lowest BCUT2D eigenvalue weighted by Crippen LogP contribution is -2.22. The van der Waals surface area contributed by atoms with Crippen molar-refractivity contribution < 1.29 is 19.1 Å². The molecule has 1 aliphatic carbocycles. The number of benzene rings is 2. The predicted octanol–water partition coefficient (Wildman–Crippen LogP) is 3.73. The lowest BCUT2D eigenvalue weighted by atomic mass is 9.87. The molecule has 2 N–H and O–H groups in total. The zero-order valence-electron chi connectivity index (χ0n) is 17.2. The van der Waals surface area contributed by atoms with Crippen LogP contribution in [0.25, 0.3) is 11.1 Å². The second-order valence-electron chi connectivity index (χ2n) is 8.17. The molecule has 6 heteroatoms. The molecular formula is C25H22N2O4. The highest BCUT2D eigenvalue weighted by Crippen LogP contribution is 2.51. The summed E-state index contributed by atoms with van der Waals surface area (Å²) in [4.78, 5) is 29.1. The third-order valence-electron chi connectivity index (χ3n) is 6.20. The van der Waals surface area contributed by atoms with Crippen LogP contribution in [0.2, 0.25) is 0 Å². The quantitative estimate of drug-likeness (QED) is 0.664. The van der Waals surface area contributed by atoms with Gasteiger partial charge >= 0.3 is 0 Å². The van der Waals surface area contributed by atoms with Crippen molar-refractivity contribution in [1.82, 2.24) is 4.98 Å². The number of carbonyl (C=O) groups is 2. The Labute approximate surface area is 180 Å². The number of pyridine rings is 1. The molecule has 1 fully saturated rings. The van der Waals surface area contributed by atoms with E-state index in [-0.39, 0.29) is 12.6 Å². The minimum absolute atomic E-state index is 0.187. The molecule has 0 bridgehead atoms. The van der Waals surface area contributed by atoms with Gasteiger partial charge in [0, 0.05) is 29.4 Å². The number of ether oxygens (including phenoxy) is 2. The van der Waals surface area contributed by atoms with Crippen LogP contribution in [0.1, 0.15) is 40.0 Å². The Morgan fingerprint density at radius 1 is 1.03 bits per heavy atom. The predicted molar refractivity (Wildman–Crippen MR) is 115 cm³/mol. The van der Waals surface area contributed by atoms with Crippen LogP contribution in [0.5, 0.6) is 11.5 Å². The highest BCUT2D eigenvalue weighted by Gasteiger charge is 2.50. The second kappa shape index (κ2) is 7.23. The maximum Gasteiger partial charge on any atom is 0.248 e. The zero-order chi connectivity index (χ0) is 21.6. The molecule has 0 spiro atoms. The van der Waals surface area contributed by atoms with E-state index in [1.165, 1.54) is 0 Å². The van der Waals surface area contributed by atoms with Crippen molar-refractivity contribution in [3.63, 3.8) is 0 Å². The highest BCUT2D eigenvalue weighted by atomic mass is 16.7. The van der Waals surface area contributed by atoms with E-state index in [1.807, 2.05) is 43.3 Å². The normalized spacial score (nSPS) is 15.5. The molecule has 1 amide bonds. The Balaban J connectivity index is 1.39. The van der Waals surface area contributed by atoms with Crippen molar-refractivity contribution >= 4 is 11.7 Å². The number of fused-ring (bicyclic) bond motifs is 1. The summed E-state index contributed by atoms with van der Waals surface area (Å²) in [6.07, 6.45) is 3.76. The number of amides is 1. The van der Waals surface area contributed by atoms with Crippen molar-refractivity contribution in [3.8, 4) is 22.6 Å². The van der Waals surface area contributed by atoms with Crippen molar-refractivity contribution in [3.05, 3.63) is 77.1 Å². The Bertz CT molecular complexity index is 1200. The summed E-state index contributed by atoms with van der Waals surface area (Å²) in [5.41, 5.74) is 9.94. The average molecular weight is 414 g/mol. The molecule has 1 aliphatic heterocycles. The van der Waals surface area contributed by atoms with Crippen LogP contribution in [-0.2, 0) is 16.6 Å². The van der Waals surface area contributed by atoms with Crippen LogP contribution in [0.15, 0.2) is 54.7 Å². The summed E-state index contributed by atoms with van der Waals surface area (Å²) in [5.74, 6) is 1.16. The van der Waals surface area contributed by atoms with Gasteiger partial charge in [0.05, 0.1) is 5.41 Å². The summed E-state index contributed by atoms with van der Waals surface area (Å²) >= 11 is 0. The van der Waals surface area contributed by atoms with Crippen molar-refractivity contribution in [2.24, 2.45) is 5.73 Å². The molecule has 0 atom stereocenters. The third kappa shape index (κ3) is 3.44. The topological polar surface area (TPSA) is 91.5 Å². The van der Waals surface area contributed by atoms with E-state index in [1.54, 1.807) is 18.3 Å².